The summed E-state index contributed by atoms with van der Waals surface area (Å²) in [7, 11) is 0. The smallest absolute Gasteiger partial charge is 0.333 e. The van der Waals surface area contributed by atoms with E-state index < -0.39 is 12.8 Å². The van der Waals surface area contributed by atoms with Gasteiger partial charge in [0.25, 0.3) is 5.91 Å². The number of carbonyl (C=O) groups is 2. The van der Waals surface area contributed by atoms with Crippen molar-refractivity contribution in [1.82, 2.24) is 4.90 Å². The molecule has 1 aromatic carbocycles. The van der Waals surface area contributed by atoms with Crippen molar-refractivity contribution in [2.45, 2.75) is 0 Å². The lowest BCUT2D eigenvalue weighted by Gasteiger charge is -2.14. The number of para-hydroxylation sites is 1. The Bertz CT molecular complexity index is 391. The van der Waals surface area contributed by atoms with Crippen molar-refractivity contribution in [3.63, 3.8) is 0 Å². The third-order valence-corrected chi connectivity index (χ3v) is 2.22. The number of rotatable bonds is 2. The van der Waals surface area contributed by atoms with E-state index in [1.807, 2.05) is 0 Å². The van der Waals surface area contributed by atoms with E-state index in [-0.39, 0.29) is 12.5 Å². The molecule has 15 heavy (non-hydrogen) atoms. The second-order valence-electron chi connectivity index (χ2n) is 3.19. The highest BCUT2D eigenvalue weighted by molar-refractivity contribution is 6.19. The number of urea groups is 1. The summed E-state index contributed by atoms with van der Waals surface area (Å²) >= 11 is 0. The second-order valence-corrected chi connectivity index (χ2v) is 3.19. The number of carbonyl (C=O) groups excluding carboxylic acids is 2. The summed E-state index contributed by atoms with van der Waals surface area (Å²) in [6.07, 6.45) is 0. The third-order valence-electron chi connectivity index (χ3n) is 2.22. The monoisotopic (exact) mass is 206 g/mol. The average Bonchev–Trinajstić information content (AvgIpc) is 2.55. The first-order valence-electron chi connectivity index (χ1n) is 4.52. The van der Waals surface area contributed by atoms with Crippen LogP contribution in [0.3, 0.4) is 0 Å². The van der Waals surface area contributed by atoms with Gasteiger partial charge in [-0.3, -0.25) is 9.69 Å². The van der Waals surface area contributed by atoms with Gasteiger partial charge >= 0.3 is 6.03 Å². The molecule has 0 atom stereocenters. The van der Waals surface area contributed by atoms with Gasteiger partial charge in [-0.2, -0.15) is 0 Å². The molecule has 1 saturated heterocycles. The Balaban J connectivity index is 2.31. The molecule has 78 valence electrons. The van der Waals surface area contributed by atoms with Gasteiger partial charge in [-0.15, -0.1) is 0 Å². The molecule has 0 bridgehead atoms. The second kappa shape index (κ2) is 3.70. The maximum absolute atomic E-state index is 11.6. The van der Waals surface area contributed by atoms with Crippen LogP contribution in [0.5, 0.6) is 0 Å². The Hall–Kier alpha value is -1.88. The van der Waals surface area contributed by atoms with Crippen molar-refractivity contribution < 1.29 is 14.7 Å². The predicted octanol–water partition coefficient (Wildman–Crippen LogP) is 0.405. The first-order valence-corrected chi connectivity index (χ1v) is 4.52. The van der Waals surface area contributed by atoms with Crippen LogP contribution < -0.4 is 4.90 Å². The molecule has 5 heteroatoms. The van der Waals surface area contributed by atoms with Gasteiger partial charge in [-0.1, -0.05) is 18.2 Å². The van der Waals surface area contributed by atoms with E-state index in [2.05, 4.69) is 0 Å². The molecule has 0 saturated carbocycles. The summed E-state index contributed by atoms with van der Waals surface area (Å²) in [5, 5.41) is 8.85. The van der Waals surface area contributed by atoms with Crippen LogP contribution in [0.2, 0.25) is 0 Å². The lowest BCUT2D eigenvalue weighted by atomic mass is 10.3. The van der Waals surface area contributed by atoms with Gasteiger partial charge < -0.3 is 5.11 Å². The van der Waals surface area contributed by atoms with Crippen LogP contribution in [0.1, 0.15) is 0 Å². The molecule has 0 aliphatic carbocycles. The highest BCUT2D eigenvalue weighted by Crippen LogP contribution is 2.19. The van der Waals surface area contributed by atoms with Crippen LogP contribution in [-0.4, -0.2) is 35.2 Å². The molecule has 0 aromatic heterocycles. The van der Waals surface area contributed by atoms with Crippen molar-refractivity contribution in [1.29, 1.82) is 0 Å². The van der Waals surface area contributed by atoms with E-state index >= 15 is 0 Å². The molecule has 2 rings (SSSR count). The predicted molar refractivity (Wildman–Crippen MR) is 53.1 cm³/mol. The van der Waals surface area contributed by atoms with Gasteiger partial charge in [-0.25, -0.2) is 9.69 Å². The van der Waals surface area contributed by atoms with Gasteiger partial charge in [0.15, 0.2) is 0 Å². The number of hydrogen-bond acceptors (Lipinski definition) is 3. The van der Waals surface area contributed by atoms with Crippen molar-refractivity contribution >= 4 is 17.6 Å². The number of nitrogens with zero attached hydrogens (tertiary/aromatic N) is 2. The summed E-state index contributed by atoms with van der Waals surface area (Å²) in [4.78, 5) is 25.3. The zero-order chi connectivity index (χ0) is 10.8. The van der Waals surface area contributed by atoms with E-state index in [0.29, 0.717) is 5.69 Å². The maximum atomic E-state index is 11.6. The van der Waals surface area contributed by atoms with Gasteiger partial charge in [0, 0.05) is 0 Å². The van der Waals surface area contributed by atoms with E-state index in [1.165, 1.54) is 0 Å². The minimum absolute atomic E-state index is 0.0653. The van der Waals surface area contributed by atoms with Crippen LogP contribution in [0, 0.1) is 0 Å². The van der Waals surface area contributed by atoms with E-state index in [1.54, 1.807) is 30.3 Å². The van der Waals surface area contributed by atoms with Gasteiger partial charge in [-0.05, 0) is 12.1 Å². The van der Waals surface area contributed by atoms with E-state index in [4.69, 9.17) is 5.11 Å². The lowest BCUT2D eigenvalue weighted by molar-refractivity contribution is -0.117. The summed E-state index contributed by atoms with van der Waals surface area (Å²) in [6.45, 7) is -0.502. The van der Waals surface area contributed by atoms with Crippen molar-refractivity contribution in [2.24, 2.45) is 0 Å². The number of hydrogen-bond donors (Lipinski definition) is 1. The van der Waals surface area contributed by atoms with Crippen molar-refractivity contribution in [3.05, 3.63) is 30.3 Å². The molecule has 0 spiro atoms. The van der Waals surface area contributed by atoms with Crippen LogP contribution in [0.4, 0.5) is 10.5 Å². The zero-order valence-electron chi connectivity index (χ0n) is 7.96. The Morgan fingerprint density at radius 1 is 1.20 bits per heavy atom. The number of aliphatic hydroxyl groups is 1. The fraction of sp³-hybridized carbons (Fsp3) is 0.200. The first-order chi connectivity index (χ1) is 7.24. The normalized spacial score (nSPS) is 16.3. The van der Waals surface area contributed by atoms with Crippen LogP contribution >= 0.6 is 0 Å². The molecule has 0 radical (unpaired) electrons. The molecule has 1 aliphatic rings. The summed E-state index contributed by atoms with van der Waals surface area (Å²) in [6, 6.07) is 8.18. The molecule has 1 fully saturated rings. The lowest BCUT2D eigenvalue weighted by Crippen LogP contribution is -2.33. The molecule has 3 amide bonds. The van der Waals surface area contributed by atoms with Crippen LogP contribution in [0.15, 0.2) is 30.3 Å². The van der Waals surface area contributed by atoms with Crippen LogP contribution in [-0.2, 0) is 4.79 Å². The molecule has 0 unspecified atom stereocenters. The molecule has 1 aromatic rings. The summed E-state index contributed by atoms with van der Waals surface area (Å²) in [5.74, 6) is -0.319. The maximum Gasteiger partial charge on any atom is 0.333 e. The number of aliphatic hydroxyl groups excluding tert-OH is 1. The van der Waals surface area contributed by atoms with Gasteiger partial charge in [0.2, 0.25) is 0 Å². The Morgan fingerprint density at radius 3 is 2.40 bits per heavy atom. The largest absolute Gasteiger partial charge is 0.376 e. The third kappa shape index (κ3) is 1.57. The fourth-order valence-corrected chi connectivity index (χ4v) is 1.49. The molecule has 1 N–H and O–H groups in total. The first kappa shape index (κ1) is 9.67. The Labute approximate surface area is 86.5 Å². The van der Waals surface area contributed by atoms with Crippen molar-refractivity contribution in [3.8, 4) is 0 Å². The number of benzene rings is 1. The Kier molecular flexibility index (Phi) is 2.39. The Morgan fingerprint density at radius 2 is 1.87 bits per heavy atom. The fourth-order valence-electron chi connectivity index (χ4n) is 1.49. The molecular formula is C10H10N2O3. The van der Waals surface area contributed by atoms with Gasteiger partial charge in [0.05, 0.1) is 5.69 Å². The minimum atomic E-state index is -0.478. The summed E-state index contributed by atoms with van der Waals surface area (Å²) in [5.41, 5.74) is 0.531. The molecule has 5 nitrogen and oxygen atoms in total. The van der Waals surface area contributed by atoms with Crippen molar-refractivity contribution in [2.75, 3.05) is 18.2 Å². The standard InChI is InChI=1S/C10H10N2O3/c13-7-11-6-9(14)12(10(11)15)8-4-2-1-3-5-8/h1-5,13H,6-7H2. The zero-order valence-corrected chi connectivity index (χ0v) is 7.96. The number of anilines is 1. The highest BCUT2D eigenvalue weighted by atomic mass is 16.3. The van der Waals surface area contributed by atoms with E-state index in [0.717, 1.165) is 9.80 Å². The highest BCUT2D eigenvalue weighted by Gasteiger charge is 2.36. The molecular weight excluding hydrogens is 196 g/mol. The molecule has 1 heterocycles. The van der Waals surface area contributed by atoms with Gasteiger partial charge in [0.1, 0.15) is 13.3 Å². The minimum Gasteiger partial charge on any atom is -0.376 e. The topological polar surface area (TPSA) is 60.9 Å². The average molecular weight is 206 g/mol. The quantitative estimate of drug-likeness (QED) is 0.713. The number of amides is 3. The van der Waals surface area contributed by atoms with E-state index in [9.17, 15) is 9.59 Å². The van der Waals surface area contributed by atoms with Crippen LogP contribution in [0.25, 0.3) is 0 Å². The molecule has 1 aliphatic heterocycles. The summed E-state index contributed by atoms with van der Waals surface area (Å²) < 4.78 is 0. The number of imide groups is 1. The SMILES string of the molecule is O=C1CN(CO)C(=O)N1c1ccccc1.